The molecule has 1 heterocycles. The molecule has 0 amide bonds. The second-order valence-corrected chi connectivity index (χ2v) is 12.2. The van der Waals surface area contributed by atoms with E-state index in [1.165, 1.54) is 165 Å². The predicted molar refractivity (Wildman–Crippen MR) is 172 cm³/mol. The Morgan fingerprint density at radius 3 is 1.36 bits per heavy atom. The standard InChI is InChI=1S/C37H65N2/c1-3-5-7-9-11-13-15-16-18-20-22-24-29-33-39-35-34-38(37(39)36-30-26-25-27-31-36)32-28-23-21-19-17-14-12-10-8-6-4-2/h25-27,30-31,34-35H,3-24,28-29,32-33H2,1-2H3/q+1. The van der Waals surface area contributed by atoms with Crippen molar-refractivity contribution in [1.82, 2.24) is 4.57 Å². The van der Waals surface area contributed by atoms with Crippen LogP contribution in [0.15, 0.2) is 42.7 Å². The maximum absolute atomic E-state index is 2.52. The van der Waals surface area contributed by atoms with Crippen LogP contribution < -0.4 is 4.57 Å². The Balaban J connectivity index is 1.61. The van der Waals surface area contributed by atoms with Crippen LogP contribution in [0.5, 0.6) is 0 Å². The lowest BCUT2D eigenvalue weighted by molar-refractivity contribution is -0.686. The van der Waals surface area contributed by atoms with E-state index in [0.717, 1.165) is 13.1 Å². The molecule has 0 aliphatic rings. The molecule has 2 rings (SSSR count). The predicted octanol–water partition coefficient (Wildman–Crippen LogP) is 11.8. The molecule has 1 aromatic carbocycles. The largest absolute Gasteiger partial charge is 0.288 e. The van der Waals surface area contributed by atoms with Gasteiger partial charge in [-0.2, -0.15) is 0 Å². The van der Waals surface area contributed by atoms with Crippen molar-refractivity contribution in [2.75, 3.05) is 0 Å². The molecule has 0 aliphatic carbocycles. The third-order valence-electron chi connectivity index (χ3n) is 8.51. The molecule has 2 heteroatoms. The minimum absolute atomic E-state index is 1.15. The first kappa shape index (κ1) is 33.6. The number of benzene rings is 1. The molecule has 0 radical (unpaired) electrons. The lowest BCUT2D eigenvalue weighted by atomic mass is 10.0. The van der Waals surface area contributed by atoms with Gasteiger partial charge in [0.2, 0.25) is 0 Å². The van der Waals surface area contributed by atoms with E-state index in [4.69, 9.17) is 0 Å². The Hall–Kier alpha value is -1.57. The van der Waals surface area contributed by atoms with E-state index in [1.807, 2.05) is 0 Å². The highest BCUT2D eigenvalue weighted by atomic mass is 15.1. The van der Waals surface area contributed by atoms with Gasteiger partial charge in [-0.1, -0.05) is 160 Å². The van der Waals surface area contributed by atoms with Crippen LogP contribution in [0, 0.1) is 0 Å². The summed E-state index contributed by atoms with van der Waals surface area (Å²) in [5.41, 5.74) is 1.36. The molecule has 222 valence electrons. The highest BCUT2D eigenvalue weighted by molar-refractivity contribution is 5.52. The summed E-state index contributed by atoms with van der Waals surface area (Å²) in [4.78, 5) is 0. The quantitative estimate of drug-likeness (QED) is 0.0791. The summed E-state index contributed by atoms with van der Waals surface area (Å²) in [7, 11) is 0. The normalized spacial score (nSPS) is 11.4. The van der Waals surface area contributed by atoms with Crippen molar-refractivity contribution in [3.8, 4) is 11.4 Å². The van der Waals surface area contributed by atoms with Crippen LogP contribution in [0.1, 0.15) is 168 Å². The first-order valence-corrected chi connectivity index (χ1v) is 17.5. The summed E-state index contributed by atoms with van der Waals surface area (Å²) in [6.07, 6.45) is 38.6. The molecule has 0 aliphatic heterocycles. The molecule has 2 aromatic rings. The molecular formula is C37H65N2+. The Bertz CT molecular complexity index is 778. The summed E-state index contributed by atoms with van der Waals surface area (Å²) in [6, 6.07) is 11.1. The fraction of sp³-hybridized carbons (Fsp3) is 0.757. The lowest BCUT2D eigenvalue weighted by Gasteiger charge is -2.07. The molecule has 0 unspecified atom stereocenters. The molecule has 1 aromatic heterocycles. The molecule has 2 nitrogen and oxygen atoms in total. The fourth-order valence-corrected chi connectivity index (χ4v) is 5.99. The Morgan fingerprint density at radius 1 is 0.487 bits per heavy atom. The fourth-order valence-electron chi connectivity index (χ4n) is 5.99. The minimum Gasteiger partial charge on any atom is -0.230 e. The molecule has 0 atom stereocenters. The average molecular weight is 538 g/mol. The van der Waals surface area contributed by atoms with Crippen LogP contribution in [-0.4, -0.2) is 4.57 Å². The van der Waals surface area contributed by atoms with Gasteiger partial charge in [0.1, 0.15) is 12.4 Å². The van der Waals surface area contributed by atoms with Crippen molar-refractivity contribution in [3.05, 3.63) is 42.7 Å². The van der Waals surface area contributed by atoms with Crippen molar-refractivity contribution in [2.45, 2.75) is 181 Å². The number of aromatic nitrogens is 2. The summed E-state index contributed by atoms with van der Waals surface area (Å²) in [6.45, 7) is 6.90. The van der Waals surface area contributed by atoms with E-state index >= 15 is 0 Å². The highest BCUT2D eigenvalue weighted by Gasteiger charge is 2.18. The third-order valence-corrected chi connectivity index (χ3v) is 8.51. The molecule has 0 fully saturated rings. The second kappa shape index (κ2) is 24.2. The third kappa shape index (κ3) is 16.3. The van der Waals surface area contributed by atoms with Crippen LogP contribution in [0.4, 0.5) is 0 Å². The van der Waals surface area contributed by atoms with Crippen molar-refractivity contribution < 1.29 is 4.57 Å². The van der Waals surface area contributed by atoms with Crippen molar-refractivity contribution in [1.29, 1.82) is 0 Å². The smallest absolute Gasteiger partial charge is 0.230 e. The topological polar surface area (TPSA) is 8.81 Å². The number of hydrogen-bond acceptors (Lipinski definition) is 0. The van der Waals surface area contributed by atoms with Crippen LogP contribution in [0.25, 0.3) is 11.4 Å². The number of imidazole rings is 1. The van der Waals surface area contributed by atoms with Gasteiger partial charge in [-0.15, -0.1) is 0 Å². The molecule has 0 N–H and O–H groups in total. The van der Waals surface area contributed by atoms with Gasteiger partial charge in [0.05, 0.1) is 18.7 Å². The van der Waals surface area contributed by atoms with E-state index in [1.54, 1.807) is 0 Å². The van der Waals surface area contributed by atoms with Crippen LogP contribution in [0.2, 0.25) is 0 Å². The number of hydrogen-bond donors (Lipinski definition) is 0. The van der Waals surface area contributed by atoms with Gasteiger partial charge >= 0.3 is 0 Å². The zero-order valence-electron chi connectivity index (χ0n) is 26.3. The number of nitrogens with zero attached hydrogens (tertiary/aromatic N) is 2. The van der Waals surface area contributed by atoms with E-state index in [-0.39, 0.29) is 0 Å². The molecule has 0 bridgehead atoms. The molecule has 39 heavy (non-hydrogen) atoms. The van der Waals surface area contributed by atoms with Gasteiger partial charge in [-0.05, 0) is 37.8 Å². The van der Waals surface area contributed by atoms with Gasteiger partial charge in [0.15, 0.2) is 0 Å². The van der Waals surface area contributed by atoms with Crippen LogP contribution >= 0.6 is 0 Å². The van der Waals surface area contributed by atoms with Crippen molar-refractivity contribution in [2.24, 2.45) is 0 Å². The number of rotatable bonds is 27. The number of aryl methyl sites for hydroxylation is 2. The SMILES string of the molecule is CCCCCCCCCCCCCCCn1cc[n+](CCCCCCCCCCCCC)c1-c1ccccc1. The molecule has 0 spiro atoms. The van der Waals surface area contributed by atoms with Crippen molar-refractivity contribution in [3.63, 3.8) is 0 Å². The zero-order chi connectivity index (χ0) is 27.6. The van der Waals surface area contributed by atoms with Gasteiger partial charge in [-0.25, -0.2) is 9.13 Å². The van der Waals surface area contributed by atoms with E-state index in [9.17, 15) is 0 Å². The first-order chi connectivity index (χ1) is 19.4. The summed E-state index contributed by atoms with van der Waals surface area (Å²) < 4.78 is 5.04. The zero-order valence-corrected chi connectivity index (χ0v) is 26.3. The average Bonchev–Trinajstić information content (AvgIpc) is 3.37. The number of unbranched alkanes of at least 4 members (excludes halogenated alkanes) is 22. The maximum Gasteiger partial charge on any atom is 0.288 e. The van der Waals surface area contributed by atoms with Crippen molar-refractivity contribution >= 4 is 0 Å². The molecular weight excluding hydrogens is 472 g/mol. The summed E-state index contributed by atoms with van der Waals surface area (Å²) in [5, 5.41) is 0. The monoisotopic (exact) mass is 538 g/mol. The maximum atomic E-state index is 2.52. The van der Waals surface area contributed by atoms with Crippen LogP contribution in [0.3, 0.4) is 0 Å². The van der Waals surface area contributed by atoms with E-state index in [2.05, 4.69) is 65.7 Å². The van der Waals surface area contributed by atoms with Crippen LogP contribution in [-0.2, 0) is 13.1 Å². The summed E-state index contributed by atoms with van der Waals surface area (Å²) >= 11 is 0. The Kier molecular flexibility index (Phi) is 20.9. The molecule has 0 saturated heterocycles. The highest BCUT2D eigenvalue weighted by Crippen LogP contribution is 2.18. The second-order valence-electron chi connectivity index (χ2n) is 12.2. The first-order valence-electron chi connectivity index (χ1n) is 17.5. The van der Waals surface area contributed by atoms with Gasteiger partial charge in [-0.3, -0.25) is 0 Å². The molecule has 0 saturated carbocycles. The van der Waals surface area contributed by atoms with Gasteiger partial charge < -0.3 is 0 Å². The Morgan fingerprint density at radius 2 is 0.897 bits per heavy atom. The van der Waals surface area contributed by atoms with E-state index in [0.29, 0.717) is 0 Å². The van der Waals surface area contributed by atoms with Gasteiger partial charge in [0.25, 0.3) is 5.82 Å². The Labute approximate surface area is 244 Å². The lowest BCUT2D eigenvalue weighted by Crippen LogP contribution is -2.34. The minimum atomic E-state index is 1.15. The summed E-state index contributed by atoms with van der Waals surface area (Å²) in [5.74, 6) is 1.40. The van der Waals surface area contributed by atoms with Gasteiger partial charge in [0, 0.05) is 0 Å². The van der Waals surface area contributed by atoms with E-state index < -0.39 is 0 Å².